The summed E-state index contributed by atoms with van der Waals surface area (Å²) in [6.07, 6.45) is 5.08. The van der Waals surface area contributed by atoms with Gasteiger partial charge in [-0.05, 0) is 51.8 Å². The Labute approximate surface area is 312 Å². The normalized spacial score (nSPS) is 11.7. The standard InChI is InChI=1S/C26H20NO.C19H26NSi.Ir/c1-17(2)19-14-15-27-23(16-19)21-13-12-20(18-8-4-3-5-9-18)25-22-10-6-7-11-24(22)28-26(21)25;1-19(2,3)13-16-12-17(15-10-8-7-9-11-15)20-14-18(16)21(4,5)6;/h3-12,14-17H,1-2H3;7-10,12,14H,13H2,1-6H3;/q2*-1;. The molecule has 0 bridgehead atoms. The summed E-state index contributed by atoms with van der Waals surface area (Å²) in [6.45, 7) is 18.5. The van der Waals surface area contributed by atoms with E-state index in [9.17, 15) is 0 Å². The van der Waals surface area contributed by atoms with E-state index in [0.29, 0.717) is 5.92 Å². The first-order chi connectivity index (χ1) is 23.4. The maximum Gasteiger partial charge on any atom is 0.120 e. The average molecular weight is 851 g/mol. The molecule has 257 valence electrons. The van der Waals surface area contributed by atoms with Gasteiger partial charge in [-0.2, -0.15) is 0 Å². The van der Waals surface area contributed by atoms with Crippen LogP contribution in [0, 0.1) is 17.5 Å². The van der Waals surface area contributed by atoms with Crippen molar-refractivity contribution in [3.63, 3.8) is 0 Å². The number of pyridine rings is 2. The molecule has 5 heteroatoms. The maximum atomic E-state index is 6.33. The van der Waals surface area contributed by atoms with Crippen LogP contribution in [-0.4, -0.2) is 18.0 Å². The molecule has 0 N–H and O–H groups in total. The minimum absolute atomic E-state index is 0. The second-order valence-electron chi connectivity index (χ2n) is 15.4. The van der Waals surface area contributed by atoms with Crippen LogP contribution in [0.3, 0.4) is 0 Å². The maximum absolute atomic E-state index is 6.33. The summed E-state index contributed by atoms with van der Waals surface area (Å²) >= 11 is 0. The molecular weight excluding hydrogens is 805 g/mol. The molecule has 0 spiro atoms. The predicted octanol–water partition coefficient (Wildman–Crippen LogP) is 11.9. The number of furan rings is 1. The van der Waals surface area contributed by atoms with Gasteiger partial charge in [-0.25, -0.2) is 0 Å². The number of rotatable bonds is 6. The van der Waals surface area contributed by atoms with Crippen molar-refractivity contribution >= 4 is 35.2 Å². The Hall–Kier alpha value is -4.15. The molecule has 3 nitrogen and oxygen atoms in total. The zero-order valence-corrected chi connectivity index (χ0v) is 33.8. The Kier molecular flexibility index (Phi) is 11.4. The van der Waals surface area contributed by atoms with Gasteiger partial charge < -0.3 is 14.4 Å². The van der Waals surface area contributed by atoms with Crippen molar-refractivity contribution in [2.45, 2.75) is 66.6 Å². The molecule has 0 aliphatic carbocycles. The van der Waals surface area contributed by atoms with Gasteiger partial charge in [0.2, 0.25) is 0 Å². The van der Waals surface area contributed by atoms with E-state index in [4.69, 9.17) is 9.40 Å². The van der Waals surface area contributed by atoms with Crippen LogP contribution < -0.4 is 5.19 Å². The van der Waals surface area contributed by atoms with Crippen LogP contribution in [0.15, 0.2) is 120 Å². The molecule has 4 aromatic carbocycles. The predicted molar refractivity (Wildman–Crippen MR) is 210 cm³/mol. The molecule has 0 saturated heterocycles. The summed E-state index contributed by atoms with van der Waals surface area (Å²) in [5, 5.41) is 3.72. The molecule has 3 aromatic heterocycles. The Balaban J connectivity index is 0.000000199. The zero-order valence-electron chi connectivity index (χ0n) is 30.4. The van der Waals surface area contributed by atoms with Crippen LogP contribution in [0.2, 0.25) is 19.6 Å². The quantitative estimate of drug-likeness (QED) is 0.124. The van der Waals surface area contributed by atoms with Crippen molar-refractivity contribution in [2.24, 2.45) is 5.41 Å². The Morgan fingerprint density at radius 1 is 0.800 bits per heavy atom. The summed E-state index contributed by atoms with van der Waals surface area (Å²) in [4.78, 5) is 9.33. The van der Waals surface area contributed by atoms with E-state index in [-0.39, 0.29) is 25.5 Å². The Bertz CT molecular complexity index is 2190. The van der Waals surface area contributed by atoms with Crippen molar-refractivity contribution in [2.75, 3.05) is 0 Å². The van der Waals surface area contributed by atoms with Crippen LogP contribution in [0.4, 0.5) is 0 Å². The monoisotopic (exact) mass is 851 g/mol. The van der Waals surface area contributed by atoms with E-state index in [1.54, 1.807) is 0 Å². The molecule has 0 fully saturated rings. The summed E-state index contributed by atoms with van der Waals surface area (Å²) in [5.41, 5.74) is 10.9. The van der Waals surface area contributed by atoms with Gasteiger partial charge in [-0.1, -0.05) is 143 Å². The first-order valence-corrected chi connectivity index (χ1v) is 20.7. The molecule has 7 aromatic rings. The fraction of sp³-hybridized carbons (Fsp3) is 0.244. The molecule has 0 aliphatic rings. The summed E-state index contributed by atoms with van der Waals surface area (Å²) in [5.74, 6) is 0.441. The second-order valence-corrected chi connectivity index (χ2v) is 20.4. The minimum atomic E-state index is -1.37. The van der Waals surface area contributed by atoms with Gasteiger partial charge in [-0.3, -0.25) is 0 Å². The van der Waals surface area contributed by atoms with Crippen molar-refractivity contribution in [1.82, 2.24) is 9.97 Å². The van der Waals surface area contributed by atoms with Gasteiger partial charge in [0.25, 0.3) is 0 Å². The van der Waals surface area contributed by atoms with E-state index >= 15 is 0 Å². The molecule has 1 radical (unpaired) electrons. The summed E-state index contributed by atoms with van der Waals surface area (Å²) in [7, 11) is -1.37. The first-order valence-electron chi connectivity index (χ1n) is 17.2. The van der Waals surface area contributed by atoms with Crippen LogP contribution in [0.5, 0.6) is 0 Å². The minimum Gasteiger partial charge on any atom is -0.501 e. The molecule has 3 heterocycles. The Morgan fingerprint density at radius 2 is 1.52 bits per heavy atom. The van der Waals surface area contributed by atoms with Gasteiger partial charge in [0.1, 0.15) is 5.58 Å². The van der Waals surface area contributed by atoms with E-state index < -0.39 is 8.07 Å². The van der Waals surface area contributed by atoms with Crippen LogP contribution in [0.1, 0.15) is 51.7 Å². The number of hydrogen-bond donors (Lipinski definition) is 0. The van der Waals surface area contributed by atoms with Crippen molar-refractivity contribution < 1.29 is 24.5 Å². The number of aromatic nitrogens is 2. The molecule has 0 atom stereocenters. The van der Waals surface area contributed by atoms with Crippen molar-refractivity contribution in [3.05, 3.63) is 139 Å². The van der Waals surface area contributed by atoms with Crippen molar-refractivity contribution in [3.8, 4) is 33.6 Å². The van der Waals surface area contributed by atoms with Crippen LogP contribution in [-0.2, 0) is 26.5 Å². The third-order valence-electron chi connectivity index (χ3n) is 8.75. The fourth-order valence-electron chi connectivity index (χ4n) is 6.34. The van der Waals surface area contributed by atoms with Gasteiger partial charge in [0.15, 0.2) is 0 Å². The second kappa shape index (κ2) is 15.4. The van der Waals surface area contributed by atoms with E-state index in [2.05, 4.69) is 144 Å². The summed E-state index contributed by atoms with van der Waals surface area (Å²) < 4.78 is 6.33. The van der Waals surface area contributed by atoms with Crippen LogP contribution >= 0.6 is 0 Å². The van der Waals surface area contributed by atoms with E-state index in [0.717, 1.165) is 62.0 Å². The SMILES string of the molecule is CC(C)(C)Cc1cc(-c2[c-]cccc2)ncc1[Si](C)(C)C.CC(C)c1ccnc(-c2[c-]cc(-c3ccccc3)c3c2oc2ccccc23)c1.[Ir]. The number of fused-ring (bicyclic) bond motifs is 3. The topological polar surface area (TPSA) is 38.9 Å². The molecule has 50 heavy (non-hydrogen) atoms. The van der Waals surface area contributed by atoms with Crippen molar-refractivity contribution in [1.29, 1.82) is 0 Å². The van der Waals surface area contributed by atoms with Crippen LogP contribution in [0.25, 0.3) is 55.6 Å². The van der Waals surface area contributed by atoms with E-state index in [1.807, 2.05) is 42.6 Å². The molecule has 0 aliphatic heterocycles. The largest absolute Gasteiger partial charge is 0.501 e. The Morgan fingerprint density at radius 3 is 2.20 bits per heavy atom. The summed E-state index contributed by atoms with van der Waals surface area (Å²) in [6, 6.07) is 42.0. The van der Waals surface area contributed by atoms with Gasteiger partial charge >= 0.3 is 0 Å². The molecule has 0 saturated carbocycles. The van der Waals surface area contributed by atoms with Gasteiger partial charge in [0, 0.05) is 37.9 Å². The van der Waals surface area contributed by atoms with Gasteiger partial charge in [-0.15, -0.1) is 48.0 Å². The average Bonchev–Trinajstić information content (AvgIpc) is 3.48. The number of benzene rings is 4. The molecule has 7 rings (SSSR count). The smallest absolute Gasteiger partial charge is 0.120 e. The number of para-hydroxylation sites is 1. The number of nitrogens with zero attached hydrogens (tertiary/aromatic N) is 2. The van der Waals surface area contributed by atoms with Gasteiger partial charge in [0.05, 0.1) is 13.7 Å². The molecule has 0 unspecified atom stereocenters. The van der Waals surface area contributed by atoms with E-state index in [1.165, 1.54) is 16.3 Å². The first kappa shape index (κ1) is 37.1. The molecule has 0 amide bonds. The molecular formula is C45H46IrN2OSi-2. The zero-order chi connectivity index (χ0) is 34.8. The number of hydrogen-bond acceptors (Lipinski definition) is 3. The third-order valence-corrected chi connectivity index (χ3v) is 10.8. The third kappa shape index (κ3) is 8.41. The fourth-order valence-corrected chi connectivity index (χ4v) is 7.92.